The highest BCUT2D eigenvalue weighted by molar-refractivity contribution is 9.10. The predicted molar refractivity (Wildman–Crippen MR) is 75.0 cm³/mol. The van der Waals surface area contributed by atoms with E-state index in [9.17, 15) is 9.90 Å². The monoisotopic (exact) mass is 305 g/mol. The number of nitrogens with zero attached hydrogens (tertiary/aromatic N) is 1. The first-order valence-electron chi connectivity index (χ1n) is 5.41. The van der Waals surface area contributed by atoms with Gasteiger partial charge in [0.05, 0.1) is 5.56 Å². The van der Waals surface area contributed by atoms with Crippen LogP contribution in [0, 0.1) is 0 Å². The molecule has 4 heteroatoms. The number of hydrogen-bond donors (Lipinski definition) is 1. The molecule has 1 amide bonds. The zero-order valence-electron chi connectivity index (χ0n) is 9.80. The Balaban J connectivity index is 2.32. The second-order valence-electron chi connectivity index (χ2n) is 3.86. The van der Waals surface area contributed by atoms with Gasteiger partial charge in [0.2, 0.25) is 0 Å². The smallest absolute Gasteiger partial charge is 0.261 e. The lowest BCUT2D eigenvalue weighted by Crippen LogP contribution is -2.26. The fourth-order valence-corrected chi connectivity index (χ4v) is 1.98. The van der Waals surface area contributed by atoms with Crippen molar-refractivity contribution in [2.75, 3.05) is 11.9 Å². The molecule has 1 N–H and O–H groups in total. The molecule has 0 unspecified atom stereocenters. The summed E-state index contributed by atoms with van der Waals surface area (Å²) in [6, 6.07) is 14.1. The normalized spacial score (nSPS) is 10.1. The second-order valence-corrected chi connectivity index (χ2v) is 4.78. The van der Waals surface area contributed by atoms with E-state index < -0.39 is 0 Å². The third-order valence-electron chi connectivity index (χ3n) is 2.64. The van der Waals surface area contributed by atoms with Gasteiger partial charge in [0.25, 0.3) is 5.91 Å². The molecule has 0 heterocycles. The highest BCUT2D eigenvalue weighted by Crippen LogP contribution is 2.24. The fourth-order valence-electron chi connectivity index (χ4n) is 1.64. The van der Waals surface area contributed by atoms with E-state index in [0.29, 0.717) is 0 Å². The van der Waals surface area contributed by atoms with E-state index >= 15 is 0 Å². The Morgan fingerprint density at radius 1 is 1.17 bits per heavy atom. The number of anilines is 1. The zero-order valence-corrected chi connectivity index (χ0v) is 11.4. The van der Waals surface area contributed by atoms with Gasteiger partial charge < -0.3 is 10.0 Å². The van der Waals surface area contributed by atoms with Gasteiger partial charge in [-0.2, -0.15) is 0 Å². The van der Waals surface area contributed by atoms with E-state index in [1.54, 1.807) is 19.2 Å². The molecule has 0 bridgehead atoms. The van der Waals surface area contributed by atoms with E-state index in [1.165, 1.54) is 11.0 Å². The van der Waals surface area contributed by atoms with Crippen LogP contribution in [0.2, 0.25) is 0 Å². The van der Waals surface area contributed by atoms with Crippen molar-refractivity contribution in [1.82, 2.24) is 0 Å². The standard InChI is InChI=1S/C14H12BrNO2/c1-16(11-5-3-2-4-6-11)14(18)12-8-7-10(15)9-13(12)17/h2-9,17H,1H3. The molecule has 0 fully saturated rings. The van der Waals surface area contributed by atoms with Gasteiger partial charge in [-0.15, -0.1) is 0 Å². The Morgan fingerprint density at radius 3 is 2.44 bits per heavy atom. The van der Waals surface area contributed by atoms with Crippen molar-refractivity contribution in [3.05, 3.63) is 58.6 Å². The third-order valence-corrected chi connectivity index (χ3v) is 3.13. The number of aromatic hydroxyl groups is 1. The minimum absolute atomic E-state index is 0.0304. The molecule has 2 aromatic rings. The largest absolute Gasteiger partial charge is 0.507 e. The van der Waals surface area contributed by atoms with Crippen LogP contribution in [0.15, 0.2) is 53.0 Å². The van der Waals surface area contributed by atoms with Crippen LogP contribution in [-0.4, -0.2) is 18.1 Å². The number of rotatable bonds is 2. The molecule has 3 nitrogen and oxygen atoms in total. The fraction of sp³-hybridized carbons (Fsp3) is 0.0714. The molecule has 0 aliphatic rings. The first-order chi connectivity index (χ1) is 8.59. The Labute approximate surface area is 114 Å². The number of para-hydroxylation sites is 1. The molecule has 2 rings (SSSR count). The summed E-state index contributed by atoms with van der Waals surface area (Å²) in [6.45, 7) is 0. The van der Waals surface area contributed by atoms with E-state index in [2.05, 4.69) is 15.9 Å². The Morgan fingerprint density at radius 2 is 1.83 bits per heavy atom. The topological polar surface area (TPSA) is 40.5 Å². The molecule has 92 valence electrons. The minimum atomic E-state index is -0.244. The second kappa shape index (κ2) is 5.23. The van der Waals surface area contributed by atoms with Gasteiger partial charge in [-0.3, -0.25) is 4.79 Å². The average molecular weight is 306 g/mol. The van der Waals surface area contributed by atoms with Crippen LogP contribution in [0.1, 0.15) is 10.4 Å². The lowest BCUT2D eigenvalue weighted by molar-refractivity contribution is 0.0990. The van der Waals surface area contributed by atoms with Crippen molar-refractivity contribution in [2.45, 2.75) is 0 Å². The maximum atomic E-state index is 12.2. The van der Waals surface area contributed by atoms with Gasteiger partial charge in [0.1, 0.15) is 5.75 Å². The Kier molecular flexibility index (Phi) is 3.67. The molecule has 0 saturated carbocycles. The van der Waals surface area contributed by atoms with Crippen LogP contribution in [0.25, 0.3) is 0 Å². The van der Waals surface area contributed by atoms with Crippen molar-refractivity contribution >= 4 is 27.5 Å². The number of halogens is 1. The molecule has 0 saturated heterocycles. The molecule has 0 spiro atoms. The summed E-state index contributed by atoms with van der Waals surface area (Å²) in [5, 5.41) is 9.78. The number of amides is 1. The molecule has 18 heavy (non-hydrogen) atoms. The van der Waals surface area contributed by atoms with E-state index in [4.69, 9.17) is 0 Å². The zero-order chi connectivity index (χ0) is 13.1. The van der Waals surface area contributed by atoms with Crippen molar-refractivity contribution in [2.24, 2.45) is 0 Å². The van der Waals surface area contributed by atoms with Crippen LogP contribution in [0.3, 0.4) is 0 Å². The van der Waals surface area contributed by atoms with Crippen molar-refractivity contribution in [3.63, 3.8) is 0 Å². The summed E-state index contributed by atoms with van der Waals surface area (Å²) >= 11 is 3.24. The van der Waals surface area contributed by atoms with Gasteiger partial charge in [-0.25, -0.2) is 0 Å². The van der Waals surface area contributed by atoms with Gasteiger partial charge >= 0.3 is 0 Å². The summed E-state index contributed by atoms with van der Waals surface area (Å²) in [5.41, 5.74) is 1.06. The van der Waals surface area contributed by atoms with Crippen molar-refractivity contribution < 1.29 is 9.90 Å². The SMILES string of the molecule is CN(C(=O)c1ccc(Br)cc1O)c1ccccc1. The average Bonchev–Trinajstić information content (AvgIpc) is 2.38. The van der Waals surface area contributed by atoms with Crippen LogP contribution < -0.4 is 4.90 Å². The molecular formula is C14H12BrNO2. The highest BCUT2D eigenvalue weighted by Gasteiger charge is 2.16. The number of phenols is 1. The summed E-state index contributed by atoms with van der Waals surface area (Å²) in [7, 11) is 1.68. The number of benzene rings is 2. The lowest BCUT2D eigenvalue weighted by Gasteiger charge is -2.17. The first-order valence-corrected chi connectivity index (χ1v) is 6.20. The number of phenolic OH excluding ortho intramolecular Hbond substituents is 1. The predicted octanol–water partition coefficient (Wildman–Crippen LogP) is 3.43. The molecular weight excluding hydrogens is 294 g/mol. The van der Waals surface area contributed by atoms with E-state index in [-0.39, 0.29) is 17.2 Å². The molecule has 2 aromatic carbocycles. The Bertz CT molecular complexity index is 569. The number of carbonyl (C=O) groups is 1. The molecule has 0 aliphatic carbocycles. The van der Waals surface area contributed by atoms with E-state index in [1.807, 2.05) is 30.3 Å². The first kappa shape index (κ1) is 12.6. The molecule has 0 aliphatic heterocycles. The summed E-state index contributed by atoms with van der Waals surface area (Å²) in [6.07, 6.45) is 0. The minimum Gasteiger partial charge on any atom is -0.507 e. The van der Waals surface area contributed by atoms with Crippen LogP contribution in [0.4, 0.5) is 5.69 Å². The number of carbonyl (C=O) groups excluding carboxylic acids is 1. The van der Waals surface area contributed by atoms with Crippen molar-refractivity contribution in [1.29, 1.82) is 0 Å². The quantitative estimate of drug-likeness (QED) is 0.923. The Hall–Kier alpha value is -1.81. The van der Waals surface area contributed by atoms with Crippen LogP contribution >= 0.6 is 15.9 Å². The molecule has 0 atom stereocenters. The summed E-state index contributed by atoms with van der Waals surface area (Å²) in [4.78, 5) is 13.7. The highest BCUT2D eigenvalue weighted by atomic mass is 79.9. The van der Waals surface area contributed by atoms with Gasteiger partial charge in [-0.05, 0) is 30.3 Å². The van der Waals surface area contributed by atoms with Gasteiger partial charge in [0.15, 0.2) is 0 Å². The number of hydrogen-bond acceptors (Lipinski definition) is 2. The summed E-state index contributed by atoms with van der Waals surface area (Å²) < 4.78 is 0.735. The van der Waals surface area contributed by atoms with Crippen LogP contribution in [-0.2, 0) is 0 Å². The molecule has 0 radical (unpaired) electrons. The van der Waals surface area contributed by atoms with E-state index in [0.717, 1.165) is 10.2 Å². The maximum absolute atomic E-state index is 12.2. The molecule has 0 aromatic heterocycles. The van der Waals surface area contributed by atoms with Crippen LogP contribution in [0.5, 0.6) is 5.75 Å². The van der Waals surface area contributed by atoms with Crippen molar-refractivity contribution in [3.8, 4) is 5.75 Å². The lowest BCUT2D eigenvalue weighted by atomic mass is 10.1. The maximum Gasteiger partial charge on any atom is 0.261 e. The summed E-state index contributed by atoms with van der Waals surface area (Å²) in [5.74, 6) is -0.275. The van der Waals surface area contributed by atoms with Gasteiger partial charge in [0, 0.05) is 17.2 Å². The van der Waals surface area contributed by atoms with Gasteiger partial charge in [-0.1, -0.05) is 34.1 Å². The third kappa shape index (κ3) is 2.54.